The average Bonchev–Trinajstić information content (AvgIpc) is 3.04. The molecule has 0 bridgehead atoms. The number of likely N-dealkylation sites (tertiary alicyclic amines) is 1. The van der Waals surface area contributed by atoms with E-state index in [0.29, 0.717) is 22.4 Å². The van der Waals surface area contributed by atoms with Crippen molar-refractivity contribution in [2.24, 2.45) is 0 Å². The van der Waals surface area contributed by atoms with E-state index in [1.165, 1.54) is 4.90 Å². The molecule has 1 saturated heterocycles. The molecule has 1 aliphatic rings. The van der Waals surface area contributed by atoms with Gasteiger partial charge in [-0.3, -0.25) is 14.6 Å². The fraction of sp³-hybridized carbons (Fsp3) is 0.231. The zero-order valence-corrected chi connectivity index (χ0v) is 18.7. The standard InChI is InChI=1S/C26H25N3O4/c1-16(2)33-20-8-9-21(17(3)12-20)24(30)22-23(19-7-5-11-28-14-19)29(26(32)25(22)31)15-18-6-4-10-27-13-18/h4-14,16,23,30H,15H2,1-3H3. The van der Waals surface area contributed by atoms with Crippen LogP contribution in [0, 0.1) is 6.92 Å². The number of Topliss-reactive ketones (excluding diaryl/α,β-unsaturated/α-hetero) is 1. The van der Waals surface area contributed by atoms with E-state index in [4.69, 9.17) is 4.74 Å². The van der Waals surface area contributed by atoms with E-state index in [1.807, 2.05) is 26.0 Å². The van der Waals surface area contributed by atoms with Gasteiger partial charge in [-0.1, -0.05) is 17.9 Å². The lowest BCUT2D eigenvalue weighted by atomic mass is 9.94. The van der Waals surface area contributed by atoms with Gasteiger partial charge in [-0.05, 0) is 61.7 Å². The van der Waals surface area contributed by atoms with Crippen LogP contribution in [0.3, 0.4) is 0 Å². The first-order valence-electron chi connectivity index (χ1n) is 10.8. The summed E-state index contributed by atoms with van der Waals surface area (Å²) in [5.41, 5.74) is 2.40. The van der Waals surface area contributed by atoms with Crippen LogP contribution in [0.1, 0.15) is 42.1 Å². The molecule has 3 heterocycles. The van der Waals surface area contributed by atoms with Crippen molar-refractivity contribution in [3.8, 4) is 5.75 Å². The van der Waals surface area contributed by atoms with Crippen LogP contribution < -0.4 is 14.8 Å². The fourth-order valence-corrected chi connectivity index (χ4v) is 4.02. The second-order valence-corrected chi connectivity index (χ2v) is 8.25. The summed E-state index contributed by atoms with van der Waals surface area (Å²) in [5, 5.41) is 13.6. The Labute approximate surface area is 192 Å². The SMILES string of the molecule is Cc1cc(OC(C)C)ccc1C([O-])=C1C(=O)C(=O)N(Cc2ccc[nH+]c2)C1c1cccnc1. The number of amides is 1. The number of ether oxygens (including phenoxy) is 1. The number of benzene rings is 1. The molecule has 1 fully saturated rings. The van der Waals surface area contributed by atoms with Gasteiger partial charge >= 0.3 is 0 Å². The molecule has 168 valence electrons. The molecule has 4 rings (SSSR count). The van der Waals surface area contributed by atoms with E-state index in [1.54, 1.807) is 62.0 Å². The number of aromatic amines is 1. The molecule has 7 nitrogen and oxygen atoms in total. The molecular formula is C26H25N3O4. The zero-order chi connectivity index (χ0) is 23.5. The van der Waals surface area contributed by atoms with Crippen LogP contribution in [0.25, 0.3) is 5.76 Å². The van der Waals surface area contributed by atoms with Gasteiger partial charge in [0.25, 0.3) is 5.91 Å². The molecule has 1 amide bonds. The Balaban J connectivity index is 1.82. The number of H-pyrrole nitrogens is 1. The average molecular weight is 444 g/mol. The van der Waals surface area contributed by atoms with Crippen LogP contribution in [0.15, 0.2) is 72.8 Å². The Hall–Kier alpha value is -4.00. The number of hydrogen-bond acceptors (Lipinski definition) is 5. The normalized spacial score (nSPS) is 17.6. The highest BCUT2D eigenvalue weighted by Gasteiger charge is 2.44. The van der Waals surface area contributed by atoms with Gasteiger partial charge in [-0.25, -0.2) is 4.98 Å². The first-order valence-corrected chi connectivity index (χ1v) is 10.8. The molecule has 33 heavy (non-hydrogen) atoms. The van der Waals surface area contributed by atoms with Gasteiger partial charge in [-0.2, -0.15) is 0 Å². The number of carbonyl (C=O) groups excluding carboxylic acids is 2. The smallest absolute Gasteiger partial charge is 0.295 e. The number of nitrogens with zero attached hydrogens (tertiary/aromatic N) is 2. The lowest BCUT2D eigenvalue weighted by Gasteiger charge is -2.27. The van der Waals surface area contributed by atoms with Crippen LogP contribution in [0.4, 0.5) is 0 Å². The summed E-state index contributed by atoms with van der Waals surface area (Å²) in [7, 11) is 0. The van der Waals surface area contributed by atoms with Crippen LogP contribution in [-0.4, -0.2) is 27.7 Å². The molecule has 1 atom stereocenters. The van der Waals surface area contributed by atoms with Crippen molar-refractivity contribution >= 4 is 17.4 Å². The van der Waals surface area contributed by atoms with Gasteiger partial charge in [0, 0.05) is 29.6 Å². The summed E-state index contributed by atoms with van der Waals surface area (Å²) in [6.07, 6.45) is 6.71. The number of aromatic nitrogens is 2. The third-order valence-electron chi connectivity index (χ3n) is 5.47. The number of pyridine rings is 2. The summed E-state index contributed by atoms with van der Waals surface area (Å²) in [6.45, 7) is 5.81. The molecule has 3 aromatic rings. The minimum Gasteiger partial charge on any atom is -0.872 e. The first-order chi connectivity index (χ1) is 15.9. The number of rotatable bonds is 6. The van der Waals surface area contributed by atoms with E-state index >= 15 is 0 Å². The highest BCUT2D eigenvalue weighted by atomic mass is 16.5. The molecular weight excluding hydrogens is 418 g/mol. The second kappa shape index (κ2) is 9.24. The van der Waals surface area contributed by atoms with Gasteiger partial charge < -0.3 is 14.7 Å². The van der Waals surface area contributed by atoms with Gasteiger partial charge in [0.2, 0.25) is 5.78 Å². The van der Waals surface area contributed by atoms with E-state index in [2.05, 4.69) is 9.97 Å². The molecule has 7 heteroatoms. The Morgan fingerprint density at radius 2 is 2.03 bits per heavy atom. The zero-order valence-electron chi connectivity index (χ0n) is 18.7. The molecule has 0 radical (unpaired) electrons. The molecule has 2 aromatic heterocycles. The van der Waals surface area contributed by atoms with Crippen LogP contribution in [-0.2, 0) is 16.1 Å². The largest absolute Gasteiger partial charge is 0.872 e. The predicted molar refractivity (Wildman–Crippen MR) is 119 cm³/mol. The van der Waals surface area contributed by atoms with Crippen LogP contribution in [0.5, 0.6) is 5.75 Å². The number of hydrogen-bond donors (Lipinski definition) is 0. The number of ketones is 1. The van der Waals surface area contributed by atoms with E-state index < -0.39 is 23.5 Å². The monoisotopic (exact) mass is 443 g/mol. The summed E-state index contributed by atoms with van der Waals surface area (Å²) in [4.78, 5) is 34.7. The van der Waals surface area contributed by atoms with E-state index in [-0.39, 0.29) is 18.2 Å². The molecule has 1 aliphatic heterocycles. The Bertz CT molecular complexity index is 1210. The topological polar surface area (TPSA) is 96.7 Å². The molecule has 1 unspecified atom stereocenters. The maximum Gasteiger partial charge on any atom is 0.295 e. The third-order valence-corrected chi connectivity index (χ3v) is 5.47. The van der Waals surface area contributed by atoms with E-state index in [9.17, 15) is 14.7 Å². The molecule has 0 spiro atoms. The minimum absolute atomic E-state index is 0.00638. The van der Waals surface area contributed by atoms with E-state index in [0.717, 1.165) is 5.56 Å². The van der Waals surface area contributed by atoms with Crippen LogP contribution >= 0.6 is 0 Å². The number of nitrogens with one attached hydrogen (secondary N) is 1. The first kappa shape index (κ1) is 22.2. The summed E-state index contributed by atoms with van der Waals surface area (Å²) < 4.78 is 5.71. The number of carbonyl (C=O) groups is 2. The van der Waals surface area contributed by atoms with Gasteiger partial charge in [0.15, 0.2) is 12.4 Å². The highest BCUT2D eigenvalue weighted by Crippen LogP contribution is 2.39. The second-order valence-electron chi connectivity index (χ2n) is 8.25. The quantitative estimate of drug-likeness (QED) is 0.331. The molecule has 1 N–H and O–H groups in total. The minimum atomic E-state index is -0.822. The third kappa shape index (κ3) is 4.48. The Morgan fingerprint density at radius 3 is 2.67 bits per heavy atom. The lowest BCUT2D eigenvalue weighted by molar-refractivity contribution is -0.378. The summed E-state index contributed by atoms with van der Waals surface area (Å²) >= 11 is 0. The van der Waals surface area contributed by atoms with Crippen molar-refractivity contribution in [1.29, 1.82) is 0 Å². The molecule has 1 aromatic carbocycles. The fourth-order valence-electron chi connectivity index (χ4n) is 4.02. The summed E-state index contributed by atoms with van der Waals surface area (Å²) in [6, 6.07) is 11.5. The molecule has 0 aliphatic carbocycles. The maximum absolute atomic E-state index is 13.6. The predicted octanol–water partition coefficient (Wildman–Crippen LogP) is 2.42. The van der Waals surface area contributed by atoms with Crippen molar-refractivity contribution in [2.75, 3.05) is 0 Å². The van der Waals surface area contributed by atoms with Crippen LogP contribution in [0.2, 0.25) is 0 Å². The van der Waals surface area contributed by atoms with Gasteiger partial charge in [0.05, 0.1) is 18.7 Å². The lowest BCUT2D eigenvalue weighted by Crippen LogP contribution is -2.29. The Kier molecular flexibility index (Phi) is 6.22. The van der Waals surface area contributed by atoms with Crippen molar-refractivity contribution in [3.05, 3.63) is 95.1 Å². The molecule has 0 saturated carbocycles. The number of aryl methyl sites for hydroxylation is 1. The summed E-state index contributed by atoms with van der Waals surface area (Å²) in [5.74, 6) is -1.30. The van der Waals surface area contributed by atoms with Crippen molar-refractivity contribution in [3.63, 3.8) is 0 Å². The Morgan fingerprint density at radius 1 is 1.21 bits per heavy atom. The highest BCUT2D eigenvalue weighted by molar-refractivity contribution is 6.46. The van der Waals surface area contributed by atoms with Crippen molar-refractivity contribution in [1.82, 2.24) is 9.88 Å². The maximum atomic E-state index is 13.6. The van der Waals surface area contributed by atoms with Gasteiger partial charge in [-0.15, -0.1) is 0 Å². The van der Waals surface area contributed by atoms with Gasteiger partial charge in [0.1, 0.15) is 5.75 Å². The van der Waals surface area contributed by atoms with Crippen molar-refractivity contribution in [2.45, 2.75) is 39.5 Å². The van der Waals surface area contributed by atoms with Crippen molar-refractivity contribution < 1.29 is 24.4 Å².